The summed E-state index contributed by atoms with van der Waals surface area (Å²) in [5.74, 6) is -0.629. The van der Waals surface area contributed by atoms with Gasteiger partial charge in [-0.25, -0.2) is 12.8 Å². The molecule has 4 nitrogen and oxygen atoms in total. The summed E-state index contributed by atoms with van der Waals surface area (Å²) in [6.07, 6.45) is 0. The average molecular weight is 355 g/mol. The number of fused-ring (bicyclic) bond motifs is 3. The summed E-state index contributed by atoms with van der Waals surface area (Å²) < 4.78 is 45.9. The maximum absolute atomic E-state index is 12.9. The third-order valence-corrected chi connectivity index (χ3v) is 5.18. The highest BCUT2D eigenvalue weighted by Crippen LogP contribution is 2.30. The fourth-order valence-electron chi connectivity index (χ4n) is 2.81. The molecule has 0 fully saturated rings. The first kappa shape index (κ1) is 15.7. The zero-order valence-corrected chi connectivity index (χ0v) is 13.9. The number of para-hydroxylation sites is 1. The molecule has 126 valence electrons. The van der Waals surface area contributed by atoms with Crippen LogP contribution in [0.5, 0.6) is 0 Å². The third kappa shape index (κ3) is 3.21. The van der Waals surface area contributed by atoms with Crippen LogP contribution in [0.15, 0.2) is 71.1 Å². The van der Waals surface area contributed by atoms with Crippen LogP contribution in [0.2, 0.25) is 0 Å². The summed E-state index contributed by atoms with van der Waals surface area (Å²) in [7, 11) is -3.61. The molecule has 1 aromatic heterocycles. The summed E-state index contributed by atoms with van der Waals surface area (Å²) >= 11 is 0. The van der Waals surface area contributed by atoms with E-state index in [9.17, 15) is 12.8 Å². The van der Waals surface area contributed by atoms with Gasteiger partial charge in [0.1, 0.15) is 17.0 Å². The standard InChI is InChI=1S/C19H14FNO3S/c20-14-7-5-13(6-8-14)12-25(22,23)21-15-9-10-17-16-3-1-2-4-18(16)24-19(17)11-15/h1-11,21H,12H2. The van der Waals surface area contributed by atoms with Crippen molar-refractivity contribution in [2.24, 2.45) is 0 Å². The summed E-state index contributed by atoms with van der Waals surface area (Å²) in [6.45, 7) is 0. The Labute approximate surface area is 143 Å². The Morgan fingerprint density at radius 1 is 0.880 bits per heavy atom. The van der Waals surface area contributed by atoms with Crippen LogP contribution >= 0.6 is 0 Å². The number of hydrogen-bond acceptors (Lipinski definition) is 3. The smallest absolute Gasteiger partial charge is 0.236 e. The molecule has 6 heteroatoms. The van der Waals surface area contributed by atoms with Gasteiger partial charge in [0, 0.05) is 16.8 Å². The summed E-state index contributed by atoms with van der Waals surface area (Å²) in [5.41, 5.74) is 2.30. The molecular formula is C19H14FNO3S. The average Bonchev–Trinajstić information content (AvgIpc) is 2.94. The van der Waals surface area contributed by atoms with Crippen LogP contribution in [0, 0.1) is 5.82 Å². The highest BCUT2D eigenvalue weighted by molar-refractivity contribution is 7.91. The topological polar surface area (TPSA) is 59.3 Å². The first-order chi connectivity index (χ1) is 12.0. The minimum atomic E-state index is -3.61. The van der Waals surface area contributed by atoms with E-state index < -0.39 is 15.8 Å². The Morgan fingerprint density at radius 3 is 2.40 bits per heavy atom. The SMILES string of the molecule is O=S(=O)(Cc1ccc(F)cc1)Nc1ccc2c(c1)oc1ccccc12. The van der Waals surface area contributed by atoms with Crippen molar-refractivity contribution in [3.63, 3.8) is 0 Å². The van der Waals surface area contributed by atoms with Crippen LogP contribution in [0.25, 0.3) is 21.9 Å². The number of nitrogens with one attached hydrogen (secondary N) is 1. The second-order valence-electron chi connectivity index (χ2n) is 5.80. The molecular weight excluding hydrogens is 341 g/mol. The van der Waals surface area contributed by atoms with Crippen molar-refractivity contribution in [3.8, 4) is 0 Å². The van der Waals surface area contributed by atoms with Crippen LogP contribution < -0.4 is 4.72 Å². The van der Waals surface area contributed by atoms with Gasteiger partial charge in [0.2, 0.25) is 10.0 Å². The van der Waals surface area contributed by atoms with E-state index >= 15 is 0 Å². The molecule has 0 atom stereocenters. The molecule has 0 amide bonds. The number of sulfonamides is 1. The second kappa shape index (κ2) is 5.89. The highest BCUT2D eigenvalue weighted by Gasteiger charge is 2.14. The first-order valence-electron chi connectivity index (χ1n) is 7.66. The van der Waals surface area contributed by atoms with E-state index in [1.54, 1.807) is 12.1 Å². The quantitative estimate of drug-likeness (QED) is 0.579. The minimum Gasteiger partial charge on any atom is -0.456 e. The molecule has 0 saturated carbocycles. The van der Waals surface area contributed by atoms with Crippen molar-refractivity contribution in [1.29, 1.82) is 0 Å². The van der Waals surface area contributed by atoms with E-state index in [2.05, 4.69) is 4.72 Å². The summed E-state index contributed by atoms with van der Waals surface area (Å²) in [6, 6.07) is 18.2. The third-order valence-electron chi connectivity index (χ3n) is 3.92. The van der Waals surface area contributed by atoms with Crippen molar-refractivity contribution in [2.75, 3.05) is 4.72 Å². The molecule has 3 aromatic carbocycles. The Morgan fingerprint density at radius 2 is 1.60 bits per heavy atom. The van der Waals surface area contributed by atoms with Gasteiger partial charge in [-0.15, -0.1) is 0 Å². The van der Waals surface area contributed by atoms with Gasteiger partial charge in [0.25, 0.3) is 0 Å². The number of hydrogen-bond donors (Lipinski definition) is 1. The predicted molar refractivity (Wildman–Crippen MR) is 96.4 cm³/mol. The van der Waals surface area contributed by atoms with Crippen LogP contribution in [-0.2, 0) is 15.8 Å². The molecule has 4 aromatic rings. The number of furan rings is 1. The lowest BCUT2D eigenvalue weighted by Crippen LogP contribution is -2.15. The fraction of sp³-hybridized carbons (Fsp3) is 0.0526. The van der Waals surface area contributed by atoms with Gasteiger partial charge in [-0.05, 0) is 35.9 Å². The number of rotatable bonds is 4. The largest absolute Gasteiger partial charge is 0.456 e. The molecule has 0 aliphatic rings. The van der Waals surface area contributed by atoms with Crippen LogP contribution in [-0.4, -0.2) is 8.42 Å². The van der Waals surface area contributed by atoms with E-state index in [4.69, 9.17) is 4.42 Å². The highest BCUT2D eigenvalue weighted by atomic mass is 32.2. The van der Waals surface area contributed by atoms with E-state index in [-0.39, 0.29) is 5.75 Å². The molecule has 0 saturated heterocycles. The molecule has 0 aliphatic carbocycles. The van der Waals surface area contributed by atoms with Gasteiger partial charge >= 0.3 is 0 Å². The number of anilines is 1. The molecule has 1 N–H and O–H groups in total. The van der Waals surface area contributed by atoms with Gasteiger partial charge in [-0.1, -0.05) is 30.3 Å². The van der Waals surface area contributed by atoms with Crippen molar-refractivity contribution in [2.45, 2.75) is 5.75 Å². The maximum Gasteiger partial charge on any atom is 0.236 e. The Hall–Kier alpha value is -2.86. The monoisotopic (exact) mass is 355 g/mol. The lowest BCUT2D eigenvalue weighted by Gasteiger charge is -2.08. The normalized spacial score (nSPS) is 11.9. The summed E-state index contributed by atoms with van der Waals surface area (Å²) in [5, 5.41) is 1.91. The molecule has 0 bridgehead atoms. The van der Waals surface area contributed by atoms with Crippen molar-refractivity contribution in [3.05, 3.63) is 78.1 Å². The minimum absolute atomic E-state index is 0.231. The Bertz CT molecular complexity index is 1160. The lowest BCUT2D eigenvalue weighted by atomic mass is 10.1. The van der Waals surface area contributed by atoms with Crippen LogP contribution in [0.4, 0.5) is 10.1 Å². The molecule has 25 heavy (non-hydrogen) atoms. The zero-order chi connectivity index (χ0) is 17.4. The van der Waals surface area contributed by atoms with Gasteiger partial charge in [0.05, 0.1) is 11.4 Å². The van der Waals surface area contributed by atoms with Gasteiger partial charge in [-0.2, -0.15) is 0 Å². The Balaban J connectivity index is 1.63. The molecule has 4 rings (SSSR count). The van der Waals surface area contributed by atoms with E-state index in [0.29, 0.717) is 16.8 Å². The molecule has 0 spiro atoms. The van der Waals surface area contributed by atoms with E-state index in [1.807, 2.05) is 30.3 Å². The van der Waals surface area contributed by atoms with Crippen molar-refractivity contribution in [1.82, 2.24) is 0 Å². The van der Waals surface area contributed by atoms with Gasteiger partial charge < -0.3 is 4.42 Å². The van der Waals surface area contributed by atoms with Gasteiger partial charge in [0.15, 0.2) is 0 Å². The molecule has 1 heterocycles. The van der Waals surface area contributed by atoms with Crippen LogP contribution in [0.3, 0.4) is 0 Å². The molecule has 0 aliphatic heterocycles. The zero-order valence-electron chi connectivity index (χ0n) is 13.1. The van der Waals surface area contributed by atoms with Crippen molar-refractivity contribution >= 4 is 37.6 Å². The van der Waals surface area contributed by atoms with E-state index in [1.165, 1.54) is 24.3 Å². The molecule has 0 radical (unpaired) electrons. The first-order valence-corrected chi connectivity index (χ1v) is 9.32. The maximum atomic E-state index is 12.9. The predicted octanol–water partition coefficient (Wildman–Crippen LogP) is 4.67. The number of benzene rings is 3. The molecule has 0 unspecified atom stereocenters. The summed E-state index contributed by atoms with van der Waals surface area (Å²) in [4.78, 5) is 0. The van der Waals surface area contributed by atoms with Crippen LogP contribution in [0.1, 0.15) is 5.56 Å². The number of halogens is 1. The Kier molecular flexibility index (Phi) is 3.69. The second-order valence-corrected chi connectivity index (χ2v) is 7.52. The fourth-order valence-corrected chi connectivity index (χ4v) is 3.99. The van der Waals surface area contributed by atoms with Gasteiger partial charge in [-0.3, -0.25) is 4.72 Å². The van der Waals surface area contributed by atoms with E-state index in [0.717, 1.165) is 16.4 Å². The van der Waals surface area contributed by atoms with Crippen molar-refractivity contribution < 1.29 is 17.2 Å². The lowest BCUT2D eigenvalue weighted by molar-refractivity contribution is 0.600.